The molecule has 0 aliphatic heterocycles. The first-order valence-electron chi connectivity index (χ1n) is 12.9. The maximum atomic E-state index is 13.5. The van der Waals surface area contributed by atoms with E-state index in [1.165, 1.54) is 13.2 Å². The standard InChI is InChI=1S/C28H38N4O6/c1-17(2)13-20(24(33)28(4)11-12-28)29-25(34)21(15-19-9-7-6-8-10-19)30-27(36)23(16-37-5)31-26(35)22-14-18(3)38-32-22/h6-10,14,17,20-21,23H,11-13,15-16H2,1-5H3,(H,29,34)(H,30,36)(H,31,35)/t20-,21-,23-/m0/s1. The third-order valence-corrected chi connectivity index (χ3v) is 6.67. The number of carbonyl (C=O) groups excluding carboxylic acids is 4. The molecule has 1 aliphatic carbocycles. The molecule has 1 fully saturated rings. The first-order chi connectivity index (χ1) is 18.0. The number of hydrogen-bond donors (Lipinski definition) is 3. The molecule has 1 saturated carbocycles. The van der Waals surface area contributed by atoms with Crippen LogP contribution in [0.5, 0.6) is 0 Å². The summed E-state index contributed by atoms with van der Waals surface area (Å²) in [5.41, 5.74) is 0.455. The molecule has 0 radical (unpaired) electrons. The fourth-order valence-electron chi connectivity index (χ4n) is 4.22. The van der Waals surface area contributed by atoms with Crippen molar-refractivity contribution in [1.82, 2.24) is 21.1 Å². The van der Waals surface area contributed by atoms with Crippen molar-refractivity contribution in [3.63, 3.8) is 0 Å². The molecule has 2 aromatic rings. The third kappa shape index (κ3) is 7.98. The molecule has 3 rings (SSSR count). The highest BCUT2D eigenvalue weighted by atomic mass is 16.5. The van der Waals surface area contributed by atoms with Gasteiger partial charge in [-0.15, -0.1) is 0 Å². The van der Waals surface area contributed by atoms with Gasteiger partial charge >= 0.3 is 0 Å². The van der Waals surface area contributed by atoms with Crippen molar-refractivity contribution in [2.45, 2.75) is 71.5 Å². The second-order valence-electron chi connectivity index (χ2n) is 10.7. The van der Waals surface area contributed by atoms with Crippen molar-refractivity contribution in [3.05, 3.63) is 53.4 Å². The number of hydrogen-bond acceptors (Lipinski definition) is 7. The summed E-state index contributed by atoms with van der Waals surface area (Å²) in [7, 11) is 1.40. The lowest BCUT2D eigenvalue weighted by Gasteiger charge is -2.27. The van der Waals surface area contributed by atoms with Crippen LogP contribution >= 0.6 is 0 Å². The Hall–Kier alpha value is -3.53. The Morgan fingerprint density at radius 1 is 1.00 bits per heavy atom. The lowest BCUT2D eigenvalue weighted by molar-refractivity contribution is -0.133. The Morgan fingerprint density at radius 3 is 2.18 bits per heavy atom. The van der Waals surface area contributed by atoms with E-state index in [0.717, 1.165) is 18.4 Å². The molecule has 0 spiro atoms. The quantitative estimate of drug-likeness (QED) is 0.343. The van der Waals surface area contributed by atoms with E-state index in [9.17, 15) is 19.2 Å². The average Bonchev–Trinajstić information content (AvgIpc) is 3.48. The predicted octanol–water partition coefficient (Wildman–Crippen LogP) is 2.36. The van der Waals surface area contributed by atoms with Crippen LogP contribution in [0.1, 0.15) is 61.8 Å². The van der Waals surface area contributed by atoms with E-state index < -0.39 is 41.3 Å². The van der Waals surface area contributed by atoms with Crippen molar-refractivity contribution in [2.24, 2.45) is 11.3 Å². The Balaban J connectivity index is 1.78. The number of carbonyl (C=O) groups is 4. The van der Waals surface area contributed by atoms with Crippen molar-refractivity contribution in [2.75, 3.05) is 13.7 Å². The topological polar surface area (TPSA) is 140 Å². The third-order valence-electron chi connectivity index (χ3n) is 6.67. The molecule has 38 heavy (non-hydrogen) atoms. The summed E-state index contributed by atoms with van der Waals surface area (Å²) >= 11 is 0. The molecule has 10 heteroatoms. The van der Waals surface area contributed by atoms with E-state index in [2.05, 4.69) is 21.1 Å². The van der Waals surface area contributed by atoms with E-state index >= 15 is 0 Å². The van der Waals surface area contributed by atoms with Crippen molar-refractivity contribution in [1.29, 1.82) is 0 Å². The summed E-state index contributed by atoms with van der Waals surface area (Å²) < 4.78 is 10.1. The van der Waals surface area contributed by atoms with E-state index in [1.54, 1.807) is 6.92 Å². The maximum Gasteiger partial charge on any atom is 0.274 e. The largest absolute Gasteiger partial charge is 0.382 e. The van der Waals surface area contributed by atoms with E-state index in [1.807, 2.05) is 51.1 Å². The van der Waals surface area contributed by atoms with Crippen LogP contribution in [0.15, 0.2) is 40.9 Å². The van der Waals surface area contributed by atoms with Crippen LogP contribution in [-0.2, 0) is 25.5 Å². The monoisotopic (exact) mass is 526 g/mol. The molecule has 206 valence electrons. The summed E-state index contributed by atoms with van der Waals surface area (Å²) in [6.45, 7) is 7.45. The van der Waals surface area contributed by atoms with Gasteiger partial charge in [0.2, 0.25) is 11.8 Å². The zero-order valence-corrected chi connectivity index (χ0v) is 22.7. The maximum absolute atomic E-state index is 13.5. The highest BCUT2D eigenvalue weighted by Gasteiger charge is 2.48. The Bertz CT molecular complexity index is 1130. The molecule has 10 nitrogen and oxygen atoms in total. The number of Topliss-reactive ketones (excluding diaryl/α,β-unsaturated/α-hetero) is 1. The molecule has 0 saturated heterocycles. The van der Waals surface area contributed by atoms with Crippen LogP contribution in [0, 0.1) is 18.3 Å². The fourth-order valence-corrected chi connectivity index (χ4v) is 4.22. The number of ketones is 1. The molecule has 3 N–H and O–H groups in total. The summed E-state index contributed by atoms with van der Waals surface area (Å²) in [6, 6.07) is 8.01. The normalized spacial score (nSPS) is 16.3. The van der Waals surface area contributed by atoms with Gasteiger partial charge in [0.15, 0.2) is 11.5 Å². The number of ether oxygens (including phenoxy) is 1. The Labute approximate surface area is 223 Å². The van der Waals surface area contributed by atoms with Gasteiger partial charge in [-0.1, -0.05) is 56.3 Å². The number of rotatable bonds is 14. The minimum absolute atomic E-state index is 0.0248. The molecule has 0 bridgehead atoms. The van der Waals surface area contributed by atoms with Gasteiger partial charge in [0, 0.05) is 25.0 Å². The van der Waals surface area contributed by atoms with Crippen molar-refractivity contribution >= 4 is 23.5 Å². The predicted molar refractivity (Wildman–Crippen MR) is 140 cm³/mol. The number of aryl methyl sites for hydroxylation is 1. The molecule has 1 heterocycles. The van der Waals surface area contributed by atoms with Gasteiger partial charge in [0.25, 0.3) is 5.91 Å². The minimum Gasteiger partial charge on any atom is -0.382 e. The summed E-state index contributed by atoms with van der Waals surface area (Å²) in [4.78, 5) is 52.6. The van der Waals surface area contributed by atoms with Crippen LogP contribution < -0.4 is 16.0 Å². The van der Waals surface area contributed by atoms with Gasteiger partial charge in [-0.3, -0.25) is 19.2 Å². The Kier molecular flexibility index (Phi) is 9.79. The molecule has 1 aliphatic rings. The van der Waals surface area contributed by atoms with Gasteiger partial charge in [0.05, 0.1) is 12.6 Å². The summed E-state index contributed by atoms with van der Waals surface area (Å²) in [5.74, 6) is -0.999. The number of aromatic nitrogens is 1. The van der Waals surface area contributed by atoms with E-state index in [4.69, 9.17) is 9.26 Å². The van der Waals surface area contributed by atoms with Crippen LogP contribution in [0.3, 0.4) is 0 Å². The molecular weight excluding hydrogens is 488 g/mol. The summed E-state index contributed by atoms with van der Waals surface area (Å²) in [5, 5.41) is 11.9. The SMILES string of the molecule is COC[C@H](NC(=O)c1cc(C)on1)C(=O)N[C@@H](Cc1ccccc1)C(=O)N[C@@H](CC(C)C)C(=O)C1(C)CC1. The van der Waals surface area contributed by atoms with Crippen molar-refractivity contribution in [3.8, 4) is 0 Å². The zero-order chi connectivity index (χ0) is 27.9. The highest BCUT2D eigenvalue weighted by Crippen LogP contribution is 2.47. The van der Waals surface area contributed by atoms with Gasteiger partial charge in [-0.25, -0.2) is 0 Å². The molecule has 1 aromatic heterocycles. The second-order valence-corrected chi connectivity index (χ2v) is 10.7. The Morgan fingerprint density at radius 2 is 1.63 bits per heavy atom. The van der Waals surface area contributed by atoms with Crippen LogP contribution in [0.4, 0.5) is 0 Å². The zero-order valence-electron chi connectivity index (χ0n) is 22.7. The van der Waals surface area contributed by atoms with Crippen LogP contribution in [-0.4, -0.2) is 60.5 Å². The molecule has 1 aromatic carbocycles. The minimum atomic E-state index is -1.09. The van der Waals surface area contributed by atoms with E-state index in [0.29, 0.717) is 12.2 Å². The first kappa shape index (κ1) is 29.0. The lowest BCUT2D eigenvalue weighted by Crippen LogP contribution is -2.57. The van der Waals surface area contributed by atoms with Crippen LogP contribution in [0.25, 0.3) is 0 Å². The van der Waals surface area contributed by atoms with E-state index in [-0.39, 0.29) is 30.4 Å². The van der Waals surface area contributed by atoms with Crippen molar-refractivity contribution < 1.29 is 28.4 Å². The lowest BCUT2D eigenvalue weighted by atomic mass is 9.91. The van der Waals surface area contributed by atoms with Gasteiger partial charge in [-0.2, -0.15) is 0 Å². The van der Waals surface area contributed by atoms with Crippen LogP contribution in [0.2, 0.25) is 0 Å². The smallest absolute Gasteiger partial charge is 0.274 e. The average molecular weight is 527 g/mol. The number of benzene rings is 1. The fraction of sp³-hybridized carbons (Fsp3) is 0.536. The molecular formula is C28H38N4O6. The second kappa shape index (κ2) is 12.8. The van der Waals surface area contributed by atoms with Gasteiger partial charge in [-0.05, 0) is 37.7 Å². The number of nitrogens with one attached hydrogen (secondary N) is 3. The molecule has 3 atom stereocenters. The van der Waals surface area contributed by atoms with Gasteiger partial charge in [0.1, 0.15) is 17.8 Å². The molecule has 3 amide bonds. The highest BCUT2D eigenvalue weighted by molar-refractivity contribution is 5.98. The van der Waals surface area contributed by atoms with Gasteiger partial charge < -0.3 is 25.2 Å². The number of nitrogens with zero attached hydrogens (tertiary/aromatic N) is 1. The molecule has 0 unspecified atom stereocenters. The number of amides is 3. The first-order valence-corrected chi connectivity index (χ1v) is 12.9. The summed E-state index contributed by atoms with van der Waals surface area (Å²) in [6.07, 6.45) is 2.33. The number of methoxy groups -OCH3 is 1.